The number of hydrogen-bond acceptors (Lipinski definition) is 1. The summed E-state index contributed by atoms with van der Waals surface area (Å²) < 4.78 is 0. The van der Waals surface area contributed by atoms with Crippen LogP contribution in [0.15, 0.2) is 23.8 Å². The summed E-state index contributed by atoms with van der Waals surface area (Å²) in [7, 11) is 0. The van der Waals surface area contributed by atoms with Crippen molar-refractivity contribution in [3.05, 3.63) is 23.8 Å². The molecule has 0 rings (SSSR count). The number of allylic oxidation sites excluding steroid dienone is 4. The molecule has 0 fully saturated rings. The predicted molar refractivity (Wildman–Crippen MR) is 53.1 cm³/mol. The van der Waals surface area contributed by atoms with Gasteiger partial charge in [-0.3, -0.25) is 4.79 Å². The normalized spacial score (nSPS) is 12.4. The largest absolute Gasteiger partial charge is 0.300 e. The third-order valence-corrected chi connectivity index (χ3v) is 1.53. The molecule has 0 radical (unpaired) electrons. The lowest BCUT2D eigenvalue weighted by Crippen LogP contribution is -1.91. The molecule has 0 aromatic rings. The highest BCUT2D eigenvalue weighted by molar-refractivity contribution is 5.78. The van der Waals surface area contributed by atoms with Gasteiger partial charge >= 0.3 is 0 Å². The summed E-state index contributed by atoms with van der Waals surface area (Å²) in [5.74, 6) is 0.232. The van der Waals surface area contributed by atoms with Gasteiger partial charge in [0, 0.05) is 6.42 Å². The average molecular weight is 166 g/mol. The van der Waals surface area contributed by atoms with E-state index >= 15 is 0 Å². The van der Waals surface area contributed by atoms with Crippen LogP contribution in [0.3, 0.4) is 0 Å². The van der Waals surface area contributed by atoms with Crippen molar-refractivity contribution in [3.8, 4) is 0 Å². The van der Waals surface area contributed by atoms with E-state index in [4.69, 9.17) is 0 Å². The van der Waals surface area contributed by atoms with Crippen molar-refractivity contribution >= 4 is 5.78 Å². The van der Waals surface area contributed by atoms with Crippen molar-refractivity contribution in [1.29, 1.82) is 0 Å². The standard InChI is InChI=1S/C11H18O/c1-4-6-8-11(7-5-2)9-10(3)12/h5,7-8H,4,6,9H2,1-3H3/b7-5-,11-8+. The highest BCUT2D eigenvalue weighted by Gasteiger charge is 1.95. The first-order chi connectivity index (χ1) is 5.70. The van der Waals surface area contributed by atoms with Gasteiger partial charge in [-0.05, 0) is 25.8 Å². The van der Waals surface area contributed by atoms with E-state index in [0.29, 0.717) is 6.42 Å². The number of carbonyl (C=O) groups excluding carboxylic acids is 1. The molecule has 12 heavy (non-hydrogen) atoms. The highest BCUT2D eigenvalue weighted by Crippen LogP contribution is 2.06. The van der Waals surface area contributed by atoms with Gasteiger partial charge in [-0.25, -0.2) is 0 Å². The van der Waals surface area contributed by atoms with E-state index in [9.17, 15) is 4.79 Å². The molecule has 0 heterocycles. The smallest absolute Gasteiger partial charge is 0.134 e. The molecule has 0 saturated heterocycles. The Morgan fingerprint density at radius 1 is 1.42 bits per heavy atom. The van der Waals surface area contributed by atoms with Crippen LogP contribution in [-0.4, -0.2) is 5.78 Å². The molecule has 0 N–H and O–H groups in total. The zero-order valence-electron chi connectivity index (χ0n) is 8.26. The van der Waals surface area contributed by atoms with E-state index < -0.39 is 0 Å². The number of unbranched alkanes of at least 4 members (excludes halogenated alkanes) is 1. The second-order valence-corrected chi connectivity index (χ2v) is 2.95. The summed E-state index contributed by atoms with van der Waals surface area (Å²) in [6.45, 7) is 5.74. The lowest BCUT2D eigenvalue weighted by molar-refractivity contribution is -0.116. The van der Waals surface area contributed by atoms with E-state index in [1.54, 1.807) is 6.92 Å². The van der Waals surface area contributed by atoms with Crippen LogP contribution in [0.25, 0.3) is 0 Å². The summed E-state index contributed by atoms with van der Waals surface area (Å²) in [5.41, 5.74) is 1.15. The Morgan fingerprint density at radius 3 is 2.50 bits per heavy atom. The number of Topliss-reactive ketones (excluding diaryl/α,β-unsaturated/α-hetero) is 1. The molecule has 0 aliphatic rings. The lowest BCUT2D eigenvalue weighted by Gasteiger charge is -1.97. The predicted octanol–water partition coefficient (Wildman–Crippen LogP) is 3.27. The summed E-state index contributed by atoms with van der Waals surface area (Å²) >= 11 is 0. The minimum Gasteiger partial charge on any atom is -0.300 e. The van der Waals surface area contributed by atoms with Crippen LogP contribution in [0, 0.1) is 0 Å². The van der Waals surface area contributed by atoms with Crippen molar-refractivity contribution in [2.75, 3.05) is 0 Å². The van der Waals surface area contributed by atoms with E-state index in [-0.39, 0.29) is 5.78 Å². The molecule has 0 amide bonds. The molecule has 1 nitrogen and oxygen atoms in total. The van der Waals surface area contributed by atoms with Gasteiger partial charge in [0.2, 0.25) is 0 Å². The summed E-state index contributed by atoms with van der Waals surface area (Å²) in [5, 5.41) is 0. The quantitative estimate of drug-likeness (QED) is 0.573. The fourth-order valence-corrected chi connectivity index (χ4v) is 1.03. The SMILES string of the molecule is C/C=C\C(=C/CCC)CC(C)=O. The number of rotatable bonds is 5. The van der Waals surface area contributed by atoms with E-state index in [2.05, 4.69) is 13.0 Å². The Kier molecular flexibility index (Phi) is 6.35. The van der Waals surface area contributed by atoms with Crippen molar-refractivity contribution in [2.24, 2.45) is 0 Å². The average Bonchev–Trinajstić information content (AvgIpc) is 2.00. The van der Waals surface area contributed by atoms with Crippen LogP contribution in [0.2, 0.25) is 0 Å². The van der Waals surface area contributed by atoms with Crippen LogP contribution in [0.5, 0.6) is 0 Å². The van der Waals surface area contributed by atoms with Gasteiger partial charge in [0.05, 0.1) is 0 Å². The van der Waals surface area contributed by atoms with Gasteiger partial charge < -0.3 is 0 Å². The molecule has 0 unspecified atom stereocenters. The zero-order valence-corrected chi connectivity index (χ0v) is 8.26. The Bertz CT molecular complexity index is 187. The summed E-state index contributed by atoms with van der Waals surface area (Å²) in [6, 6.07) is 0. The van der Waals surface area contributed by atoms with Crippen LogP contribution in [0.1, 0.15) is 40.0 Å². The maximum Gasteiger partial charge on any atom is 0.134 e. The van der Waals surface area contributed by atoms with E-state index in [1.165, 1.54) is 0 Å². The second-order valence-electron chi connectivity index (χ2n) is 2.95. The van der Waals surface area contributed by atoms with Gasteiger partial charge in [-0.1, -0.05) is 31.6 Å². The molecule has 0 saturated carbocycles. The van der Waals surface area contributed by atoms with Crippen molar-refractivity contribution in [1.82, 2.24) is 0 Å². The number of hydrogen-bond donors (Lipinski definition) is 0. The third-order valence-electron chi connectivity index (χ3n) is 1.53. The maximum atomic E-state index is 10.8. The molecule has 1 heteroatoms. The second kappa shape index (κ2) is 6.84. The first-order valence-electron chi connectivity index (χ1n) is 4.51. The molecule has 0 atom stereocenters. The number of ketones is 1. The molecule has 0 aliphatic heterocycles. The summed E-state index contributed by atoms with van der Waals surface area (Å²) in [6.07, 6.45) is 8.90. The van der Waals surface area contributed by atoms with Crippen molar-refractivity contribution in [2.45, 2.75) is 40.0 Å². The Labute approximate surface area is 75.2 Å². The van der Waals surface area contributed by atoms with Crippen LogP contribution < -0.4 is 0 Å². The van der Waals surface area contributed by atoms with Crippen LogP contribution in [-0.2, 0) is 4.79 Å². The van der Waals surface area contributed by atoms with Gasteiger partial charge in [-0.2, -0.15) is 0 Å². The minimum absolute atomic E-state index is 0.232. The van der Waals surface area contributed by atoms with Crippen molar-refractivity contribution < 1.29 is 4.79 Å². The van der Waals surface area contributed by atoms with Gasteiger partial charge in [0.25, 0.3) is 0 Å². The molecule has 0 aliphatic carbocycles. The van der Waals surface area contributed by atoms with Gasteiger partial charge in [-0.15, -0.1) is 0 Å². The van der Waals surface area contributed by atoms with E-state index in [0.717, 1.165) is 18.4 Å². The first kappa shape index (κ1) is 11.2. The molecule has 0 aromatic carbocycles. The number of carbonyl (C=O) groups is 1. The fourth-order valence-electron chi connectivity index (χ4n) is 1.03. The van der Waals surface area contributed by atoms with Crippen molar-refractivity contribution in [3.63, 3.8) is 0 Å². The molecule has 0 spiro atoms. The van der Waals surface area contributed by atoms with E-state index in [1.807, 2.05) is 19.1 Å². The maximum absolute atomic E-state index is 10.8. The lowest BCUT2D eigenvalue weighted by atomic mass is 10.1. The zero-order chi connectivity index (χ0) is 9.40. The van der Waals surface area contributed by atoms with Gasteiger partial charge in [0.1, 0.15) is 5.78 Å². The summed E-state index contributed by atoms with van der Waals surface area (Å²) in [4.78, 5) is 10.8. The fraction of sp³-hybridized carbons (Fsp3) is 0.545. The van der Waals surface area contributed by atoms with Crippen LogP contribution >= 0.6 is 0 Å². The highest BCUT2D eigenvalue weighted by atomic mass is 16.1. The Balaban J connectivity index is 4.12. The van der Waals surface area contributed by atoms with Gasteiger partial charge in [0.15, 0.2) is 0 Å². The molecule has 0 bridgehead atoms. The Hall–Kier alpha value is -0.850. The molecule has 68 valence electrons. The molecular weight excluding hydrogens is 148 g/mol. The van der Waals surface area contributed by atoms with Crippen LogP contribution in [0.4, 0.5) is 0 Å². The minimum atomic E-state index is 0.232. The monoisotopic (exact) mass is 166 g/mol. The topological polar surface area (TPSA) is 17.1 Å². The molecule has 0 aromatic heterocycles. The third kappa shape index (κ3) is 5.90. The first-order valence-corrected chi connectivity index (χ1v) is 4.51. The Morgan fingerprint density at radius 2 is 2.08 bits per heavy atom. The molecular formula is C11H18O.